The van der Waals surface area contributed by atoms with Gasteiger partial charge in [-0.3, -0.25) is 4.79 Å². The lowest BCUT2D eigenvalue weighted by Gasteiger charge is -2.07. The number of nitrogens with zero attached hydrogens (tertiary/aromatic N) is 5. The third-order valence-electron chi connectivity index (χ3n) is 5.09. The van der Waals surface area contributed by atoms with E-state index in [0.717, 1.165) is 27.8 Å². The van der Waals surface area contributed by atoms with Crippen molar-refractivity contribution in [2.45, 2.75) is 6.92 Å². The number of carbonyl (C=O) groups is 1. The van der Waals surface area contributed by atoms with Crippen molar-refractivity contribution in [1.29, 1.82) is 0 Å². The summed E-state index contributed by atoms with van der Waals surface area (Å²) in [5.41, 5.74) is 6.26. The van der Waals surface area contributed by atoms with E-state index in [9.17, 15) is 4.79 Å². The van der Waals surface area contributed by atoms with Gasteiger partial charge in [-0.1, -0.05) is 12.0 Å². The number of aromatic nitrogens is 5. The molecule has 5 aromatic rings. The zero-order valence-corrected chi connectivity index (χ0v) is 17.0. The smallest absolute Gasteiger partial charge is 0.255 e. The first-order valence-corrected chi connectivity index (χ1v) is 9.72. The summed E-state index contributed by atoms with van der Waals surface area (Å²) in [6, 6.07) is 14.9. The van der Waals surface area contributed by atoms with Gasteiger partial charge < -0.3 is 9.88 Å². The SMILES string of the molecule is Cc1ccc(C(=O)Nc2ccc3c(c2)ncn3C)cc1C#Cc1cnc2cccnn12. The zero-order chi connectivity index (χ0) is 21.4. The molecular weight excluding hydrogens is 388 g/mol. The van der Waals surface area contributed by atoms with Gasteiger partial charge in [0.15, 0.2) is 5.65 Å². The van der Waals surface area contributed by atoms with Crippen LogP contribution in [-0.4, -0.2) is 30.1 Å². The van der Waals surface area contributed by atoms with Gasteiger partial charge in [0.25, 0.3) is 5.91 Å². The minimum absolute atomic E-state index is 0.199. The van der Waals surface area contributed by atoms with Crippen LogP contribution >= 0.6 is 0 Å². The van der Waals surface area contributed by atoms with Crippen LogP contribution in [0.25, 0.3) is 16.7 Å². The molecule has 1 amide bonds. The van der Waals surface area contributed by atoms with Crippen molar-refractivity contribution in [3.05, 3.63) is 89.6 Å². The first kappa shape index (κ1) is 18.6. The predicted octanol–water partition coefficient (Wildman–Crippen LogP) is 3.58. The summed E-state index contributed by atoms with van der Waals surface area (Å²) < 4.78 is 3.62. The van der Waals surface area contributed by atoms with Gasteiger partial charge in [-0.25, -0.2) is 14.5 Å². The van der Waals surface area contributed by atoms with Gasteiger partial charge in [0.05, 0.1) is 23.6 Å². The maximum atomic E-state index is 12.8. The summed E-state index contributed by atoms with van der Waals surface area (Å²) in [6.07, 6.45) is 5.13. The number of hydrogen-bond acceptors (Lipinski definition) is 4. The summed E-state index contributed by atoms with van der Waals surface area (Å²) >= 11 is 0. The van der Waals surface area contributed by atoms with Crippen molar-refractivity contribution < 1.29 is 4.79 Å². The lowest BCUT2D eigenvalue weighted by atomic mass is 10.0. The molecule has 31 heavy (non-hydrogen) atoms. The lowest BCUT2D eigenvalue weighted by molar-refractivity contribution is 0.102. The van der Waals surface area contributed by atoms with Crippen molar-refractivity contribution >= 4 is 28.3 Å². The summed E-state index contributed by atoms with van der Waals surface area (Å²) in [4.78, 5) is 21.5. The van der Waals surface area contributed by atoms with E-state index in [2.05, 4.69) is 32.2 Å². The molecule has 7 heteroatoms. The molecule has 0 saturated carbocycles. The molecule has 5 rings (SSSR count). The fourth-order valence-corrected chi connectivity index (χ4v) is 3.36. The Morgan fingerprint density at radius 3 is 2.87 bits per heavy atom. The summed E-state index contributed by atoms with van der Waals surface area (Å²) in [7, 11) is 1.94. The number of carbonyl (C=O) groups excluding carboxylic acids is 1. The second-order valence-corrected chi connectivity index (χ2v) is 7.23. The normalized spacial score (nSPS) is 10.8. The zero-order valence-electron chi connectivity index (χ0n) is 17.0. The molecule has 1 N–H and O–H groups in total. The molecule has 0 aliphatic rings. The third-order valence-corrected chi connectivity index (χ3v) is 5.09. The molecular formula is C24H18N6O. The number of fused-ring (bicyclic) bond motifs is 2. The van der Waals surface area contributed by atoms with Crippen LogP contribution in [0.3, 0.4) is 0 Å². The van der Waals surface area contributed by atoms with Crippen LogP contribution in [0.1, 0.15) is 27.2 Å². The largest absolute Gasteiger partial charge is 0.334 e. The summed E-state index contributed by atoms with van der Waals surface area (Å²) in [6.45, 7) is 1.97. The van der Waals surface area contributed by atoms with Crippen LogP contribution in [0.15, 0.2) is 67.3 Å². The minimum atomic E-state index is -0.199. The highest BCUT2D eigenvalue weighted by atomic mass is 16.1. The molecule has 0 atom stereocenters. The van der Waals surface area contributed by atoms with Gasteiger partial charge in [0.1, 0.15) is 5.69 Å². The summed E-state index contributed by atoms with van der Waals surface area (Å²) in [5.74, 6) is 6.06. The highest BCUT2D eigenvalue weighted by molar-refractivity contribution is 6.05. The average Bonchev–Trinajstić information content (AvgIpc) is 3.36. The topological polar surface area (TPSA) is 77.1 Å². The predicted molar refractivity (Wildman–Crippen MR) is 119 cm³/mol. The van der Waals surface area contributed by atoms with E-state index in [-0.39, 0.29) is 5.91 Å². The number of nitrogens with one attached hydrogen (secondary N) is 1. The van der Waals surface area contributed by atoms with Gasteiger partial charge in [0, 0.05) is 30.1 Å². The highest BCUT2D eigenvalue weighted by Gasteiger charge is 2.10. The Hall–Kier alpha value is -4.44. The van der Waals surface area contributed by atoms with Gasteiger partial charge in [0.2, 0.25) is 0 Å². The van der Waals surface area contributed by atoms with E-state index in [1.54, 1.807) is 35.4 Å². The molecule has 0 radical (unpaired) electrons. The molecule has 2 aromatic carbocycles. The van der Waals surface area contributed by atoms with E-state index in [1.165, 1.54) is 0 Å². The minimum Gasteiger partial charge on any atom is -0.334 e. The second kappa shape index (κ2) is 7.43. The Morgan fingerprint density at radius 2 is 1.97 bits per heavy atom. The molecule has 0 spiro atoms. The molecule has 0 unspecified atom stereocenters. The van der Waals surface area contributed by atoms with Crippen LogP contribution in [-0.2, 0) is 7.05 Å². The molecule has 0 saturated heterocycles. The van der Waals surface area contributed by atoms with Gasteiger partial charge in [-0.15, -0.1) is 0 Å². The first-order chi connectivity index (χ1) is 15.1. The third kappa shape index (κ3) is 3.51. The lowest BCUT2D eigenvalue weighted by Crippen LogP contribution is -2.12. The van der Waals surface area contributed by atoms with Crippen molar-refractivity contribution in [1.82, 2.24) is 24.1 Å². The number of amides is 1. The number of benzene rings is 2. The maximum Gasteiger partial charge on any atom is 0.255 e. The molecule has 0 aliphatic carbocycles. The van der Waals surface area contributed by atoms with E-state index in [4.69, 9.17) is 0 Å². The van der Waals surface area contributed by atoms with Crippen molar-refractivity contribution in [2.75, 3.05) is 5.32 Å². The fraction of sp³-hybridized carbons (Fsp3) is 0.0833. The Balaban J connectivity index is 1.42. The monoisotopic (exact) mass is 406 g/mol. The number of hydrogen-bond donors (Lipinski definition) is 1. The molecule has 7 nitrogen and oxygen atoms in total. The Morgan fingerprint density at radius 1 is 1.06 bits per heavy atom. The van der Waals surface area contributed by atoms with Gasteiger partial charge in [-0.2, -0.15) is 5.10 Å². The molecule has 3 aromatic heterocycles. The van der Waals surface area contributed by atoms with Crippen LogP contribution in [0, 0.1) is 18.8 Å². The van der Waals surface area contributed by atoms with E-state index in [0.29, 0.717) is 16.9 Å². The number of anilines is 1. The van der Waals surface area contributed by atoms with Crippen molar-refractivity contribution in [3.63, 3.8) is 0 Å². The molecule has 3 heterocycles. The summed E-state index contributed by atoms with van der Waals surface area (Å²) in [5, 5.41) is 7.21. The Kier molecular flexibility index (Phi) is 4.45. The van der Waals surface area contributed by atoms with Crippen LogP contribution < -0.4 is 5.32 Å². The Bertz CT molecular complexity index is 1520. The number of rotatable bonds is 2. The van der Waals surface area contributed by atoms with Crippen molar-refractivity contribution in [3.8, 4) is 11.8 Å². The van der Waals surface area contributed by atoms with Crippen LogP contribution in [0.5, 0.6) is 0 Å². The number of aryl methyl sites for hydroxylation is 2. The quantitative estimate of drug-likeness (QED) is 0.455. The van der Waals surface area contributed by atoms with Crippen LogP contribution in [0.4, 0.5) is 5.69 Å². The fourth-order valence-electron chi connectivity index (χ4n) is 3.36. The number of imidazole rings is 2. The van der Waals surface area contributed by atoms with E-state index in [1.807, 2.05) is 54.9 Å². The highest BCUT2D eigenvalue weighted by Crippen LogP contribution is 2.19. The van der Waals surface area contributed by atoms with E-state index < -0.39 is 0 Å². The van der Waals surface area contributed by atoms with Gasteiger partial charge in [-0.05, 0) is 60.9 Å². The Labute approximate surface area is 178 Å². The molecule has 150 valence electrons. The maximum absolute atomic E-state index is 12.8. The standard InChI is InChI=1S/C24H18N6O/c1-16-5-6-18(24(31)28-19-8-10-22-21(13-19)26-15-29(22)2)12-17(16)7-9-20-14-25-23-4-3-11-27-30(20)23/h3-6,8,10-15H,1-2H3,(H,28,31). The molecule has 0 aliphatic heterocycles. The first-order valence-electron chi connectivity index (χ1n) is 9.72. The van der Waals surface area contributed by atoms with Crippen LogP contribution in [0.2, 0.25) is 0 Å². The molecule has 0 fully saturated rings. The molecule has 0 bridgehead atoms. The van der Waals surface area contributed by atoms with E-state index >= 15 is 0 Å². The van der Waals surface area contributed by atoms with Crippen molar-refractivity contribution in [2.24, 2.45) is 7.05 Å². The second-order valence-electron chi connectivity index (χ2n) is 7.23. The average molecular weight is 406 g/mol. The van der Waals surface area contributed by atoms with Gasteiger partial charge >= 0.3 is 0 Å².